The number of nitrogens with two attached hydrogens (primary N) is 1. The molecule has 0 fully saturated rings. The van der Waals surface area contributed by atoms with Crippen LogP contribution >= 0.6 is 11.3 Å². The van der Waals surface area contributed by atoms with Gasteiger partial charge in [0, 0.05) is 6.20 Å². The quantitative estimate of drug-likeness (QED) is 0.804. The Balaban J connectivity index is 2.04. The zero-order valence-corrected chi connectivity index (χ0v) is 12.3. The number of hydrogen-bond acceptors (Lipinski definition) is 4. The predicted octanol–water partition coefficient (Wildman–Crippen LogP) is 2.99. The summed E-state index contributed by atoms with van der Waals surface area (Å²) in [6.45, 7) is 4.00. The first-order valence-electron chi connectivity index (χ1n) is 6.45. The van der Waals surface area contributed by atoms with Crippen LogP contribution in [0.25, 0.3) is 5.69 Å². The van der Waals surface area contributed by atoms with Crippen molar-refractivity contribution >= 4 is 11.3 Å². The maximum Gasteiger partial charge on any atom is 0.0900 e. The molecule has 3 rings (SSSR count). The van der Waals surface area contributed by atoms with E-state index in [0.717, 1.165) is 27.0 Å². The molecule has 2 heterocycles. The average Bonchev–Trinajstić information content (AvgIpc) is 3.05. The van der Waals surface area contributed by atoms with Crippen LogP contribution in [-0.2, 0) is 0 Å². The van der Waals surface area contributed by atoms with Crippen molar-refractivity contribution in [3.63, 3.8) is 0 Å². The fraction of sp³-hybridized carbons (Fsp3) is 0.200. The molecule has 20 heavy (non-hydrogen) atoms. The molecular weight excluding hydrogens is 268 g/mol. The van der Waals surface area contributed by atoms with E-state index < -0.39 is 0 Å². The number of para-hydroxylation sites is 1. The van der Waals surface area contributed by atoms with Gasteiger partial charge in [-0.25, -0.2) is 9.67 Å². The highest BCUT2D eigenvalue weighted by Crippen LogP contribution is 2.28. The monoisotopic (exact) mass is 284 g/mol. The molecule has 0 bridgehead atoms. The Morgan fingerprint density at radius 2 is 1.90 bits per heavy atom. The third kappa shape index (κ3) is 2.26. The van der Waals surface area contributed by atoms with Gasteiger partial charge in [0.25, 0.3) is 0 Å². The van der Waals surface area contributed by atoms with Gasteiger partial charge >= 0.3 is 0 Å². The fourth-order valence-electron chi connectivity index (χ4n) is 2.30. The van der Waals surface area contributed by atoms with Crippen molar-refractivity contribution in [2.45, 2.75) is 19.9 Å². The highest BCUT2D eigenvalue weighted by Gasteiger charge is 2.19. The SMILES string of the molecule is Cc1nc(C)c(C(N)c2ccnn2-c2ccccc2)s1. The van der Waals surface area contributed by atoms with Crippen LogP contribution in [0.2, 0.25) is 0 Å². The molecule has 0 radical (unpaired) electrons. The molecule has 1 unspecified atom stereocenters. The molecule has 0 aliphatic heterocycles. The van der Waals surface area contributed by atoms with Gasteiger partial charge in [-0.1, -0.05) is 18.2 Å². The summed E-state index contributed by atoms with van der Waals surface area (Å²) in [6, 6.07) is 11.8. The highest BCUT2D eigenvalue weighted by atomic mass is 32.1. The summed E-state index contributed by atoms with van der Waals surface area (Å²) in [5, 5.41) is 5.43. The number of rotatable bonds is 3. The predicted molar refractivity (Wildman–Crippen MR) is 81.2 cm³/mol. The first kappa shape index (κ1) is 13.0. The molecule has 5 heteroatoms. The van der Waals surface area contributed by atoms with Gasteiger partial charge in [-0.3, -0.25) is 0 Å². The van der Waals surface area contributed by atoms with E-state index in [9.17, 15) is 0 Å². The number of benzene rings is 1. The van der Waals surface area contributed by atoms with Gasteiger partial charge in [-0.15, -0.1) is 11.3 Å². The Morgan fingerprint density at radius 3 is 2.55 bits per heavy atom. The lowest BCUT2D eigenvalue weighted by Crippen LogP contribution is -2.16. The molecule has 1 aromatic carbocycles. The van der Waals surface area contributed by atoms with Crippen LogP contribution in [0.4, 0.5) is 0 Å². The molecule has 0 spiro atoms. The first-order chi connectivity index (χ1) is 9.66. The second kappa shape index (κ2) is 5.19. The Bertz CT molecular complexity index is 715. The summed E-state index contributed by atoms with van der Waals surface area (Å²) < 4.78 is 1.89. The van der Waals surface area contributed by atoms with E-state index in [1.54, 1.807) is 17.5 Å². The Hall–Kier alpha value is -1.98. The number of nitrogens with zero attached hydrogens (tertiary/aromatic N) is 3. The van der Waals surface area contributed by atoms with E-state index in [2.05, 4.69) is 10.1 Å². The van der Waals surface area contributed by atoms with Crippen molar-refractivity contribution in [3.8, 4) is 5.69 Å². The van der Waals surface area contributed by atoms with Crippen LogP contribution in [0, 0.1) is 13.8 Å². The minimum Gasteiger partial charge on any atom is -0.318 e. The van der Waals surface area contributed by atoms with Crippen LogP contribution < -0.4 is 5.73 Å². The number of aromatic nitrogens is 3. The van der Waals surface area contributed by atoms with Crippen molar-refractivity contribution in [2.75, 3.05) is 0 Å². The van der Waals surface area contributed by atoms with Crippen LogP contribution in [0.1, 0.15) is 27.3 Å². The van der Waals surface area contributed by atoms with Crippen LogP contribution in [0.15, 0.2) is 42.6 Å². The molecule has 2 aromatic heterocycles. The van der Waals surface area contributed by atoms with Crippen molar-refractivity contribution < 1.29 is 0 Å². The van der Waals surface area contributed by atoms with Crippen molar-refractivity contribution in [3.05, 3.63) is 63.9 Å². The molecule has 0 amide bonds. The summed E-state index contributed by atoms with van der Waals surface area (Å²) in [4.78, 5) is 5.55. The van der Waals surface area contributed by atoms with Crippen molar-refractivity contribution in [1.82, 2.24) is 14.8 Å². The number of aryl methyl sites for hydroxylation is 2. The van der Waals surface area contributed by atoms with Crippen LogP contribution in [0.5, 0.6) is 0 Å². The molecular formula is C15H16N4S. The molecule has 102 valence electrons. The molecule has 2 N–H and O–H groups in total. The topological polar surface area (TPSA) is 56.7 Å². The molecule has 0 aliphatic carbocycles. The second-order valence-electron chi connectivity index (χ2n) is 4.66. The second-order valence-corrected chi connectivity index (χ2v) is 5.90. The third-order valence-electron chi connectivity index (χ3n) is 3.21. The standard InChI is InChI=1S/C15H16N4S/c1-10-15(20-11(2)18-10)14(16)13-8-9-17-19(13)12-6-4-3-5-7-12/h3-9,14H,16H2,1-2H3. The van der Waals surface area contributed by atoms with E-state index in [1.807, 2.05) is 54.9 Å². The Labute approximate surface area is 121 Å². The summed E-state index contributed by atoms with van der Waals surface area (Å²) in [5.41, 5.74) is 9.41. The molecule has 0 saturated carbocycles. The van der Waals surface area contributed by atoms with Crippen LogP contribution in [-0.4, -0.2) is 14.8 Å². The van der Waals surface area contributed by atoms with Gasteiger partial charge < -0.3 is 5.73 Å². The first-order valence-corrected chi connectivity index (χ1v) is 7.27. The Morgan fingerprint density at radius 1 is 1.15 bits per heavy atom. The normalized spacial score (nSPS) is 12.6. The molecule has 1 atom stereocenters. The van der Waals surface area contributed by atoms with Gasteiger partial charge in [0.15, 0.2) is 0 Å². The fourth-order valence-corrected chi connectivity index (χ4v) is 3.25. The highest BCUT2D eigenvalue weighted by molar-refractivity contribution is 7.11. The molecule has 4 nitrogen and oxygen atoms in total. The van der Waals surface area contributed by atoms with E-state index >= 15 is 0 Å². The van der Waals surface area contributed by atoms with Crippen LogP contribution in [0.3, 0.4) is 0 Å². The van der Waals surface area contributed by atoms with E-state index in [1.165, 1.54) is 0 Å². The minimum atomic E-state index is -0.205. The maximum atomic E-state index is 6.42. The molecule has 0 aliphatic rings. The zero-order valence-electron chi connectivity index (χ0n) is 11.4. The average molecular weight is 284 g/mol. The molecule has 0 saturated heterocycles. The lowest BCUT2D eigenvalue weighted by Gasteiger charge is -2.13. The van der Waals surface area contributed by atoms with E-state index in [-0.39, 0.29) is 6.04 Å². The van der Waals surface area contributed by atoms with E-state index in [4.69, 9.17) is 5.73 Å². The van der Waals surface area contributed by atoms with Gasteiger partial charge in [-0.05, 0) is 32.0 Å². The van der Waals surface area contributed by atoms with Gasteiger partial charge in [0.05, 0.1) is 33.0 Å². The summed E-state index contributed by atoms with van der Waals surface area (Å²) in [6.07, 6.45) is 1.78. The Kier molecular flexibility index (Phi) is 3.38. The lowest BCUT2D eigenvalue weighted by atomic mass is 10.1. The van der Waals surface area contributed by atoms with Gasteiger partial charge in [-0.2, -0.15) is 5.10 Å². The largest absolute Gasteiger partial charge is 0.318 e. The number of thiazole rings is 1. The number of hydrogen-bond donors (Lipinski definition) is 1. The summed E-state index contributed by atoms with van der Waals surface area (Å²) in [7, 11) is 0. The minimum absolute atomic E-state index is 0.205. The summed E-state index contributed by atoms with van der Waals surface area (Å²) >= 11 is 1.65. The van der Waals surface area contributed by atoms with Crippen molar-refractivity contribution in [2.24, 2.45) is 5.73 Å². The lowest BCUT2D eigenvalue weighted by molar-refractivity contribution is 0.743. The molecule has 3 aromatic rings. The zero-order chi connectivity index (χ0) is 14.1. The van der Waals surface area contributed by atoms with Gasteiger partial charge in [0.2, 0.25) is 0 Å². The van der Waals surface area contributed by atoms with E-state index in [0.29, 0.717) is 0 Å². The maximum absolute atomic E-state index is 6.42. The smallest absolute Gasteiger partial charge is 0.0900 e. The third-order valence-corrected chi connectivity index (χ3v) is 4.37. The van der Waals surface area contributed by atoms with Crippen molar-refractivity contribution in [1.29, 1.82) is 0 Å². The summed E-state index contributed by atoms with van der Waals surface area (Å²) in [5.74, 6) is 0. The van der Waals surface area contributed by atoms with Gasteiger partial charge in [0.1, 0.15) is 0 Å².